The molecule has 1 aromatic heterocycles. The van der Waals surface area contributed by atoms with Crippen molar-refractivity contribution in [2.75, 3.05) is 5.73 Å². The highest BCUT2D eigenvalue weighted by Gasteiger charge is 2.18. The molecule has 0 amide bonds. The number of benzene rings is 2. The highest BCUT2D eigenvalue weighted by molar-refractivity contribution is 7.86. The molecule has 0 saturated heterocycles. The van der Waals surface area contributed by atoms with Gasteiger partial charge < -0.3 is 5.73 Å². The third-order valence-electron chi connectivity index (χ3n) is 3.67. The van der Waals surface area contributed by atoms with E-state index in [0.29, 0.717) is 22.1 Å². The van der Waals surface area contributed by atoms with Crippen LogP contribution in [0.25, 0.3) is 5.69 Å². The van der Waals surface area contributed by atoms with Crippen molar-refractivity contribution in [2.45, 2.75) is 11.8 Å². The second-order valence-corrected chi connectivity index (χ2v) is 8.26. The number of rotatable bonds is 4. The molecule has 0 unspecified atom stereocenters. The number of nitrogens with zero attached hydrogens (tertiary/aromatic N) is 4. The Balaban J connectivity index is 2.00. The number of azo groups is 1. The topological polar surface area (TPSA) is 123 Å². The Kier molecular flexibility index (Phi) is 5.64. The van der Waals surface area contributed by atoms with E-state index in [1.54, 1.807) is 31.2 Å². The van der Waals surface area contributed by atoms with E-state index in [9.17, 15) is 8.42 Å². The van der Waals surface area contributed by atoms with Crippen LogP contribution in [0.2, 0.25) is 15.1 Å². The van der Waals surface area contributed by atoms with Crippen molar-refractivity contribution < 1.29 is 13.0 Å². The van der Waals surface area contributed by atoms with Crippen LogP contribution in [0, 0.1) is 6.92 Å². The van der Waals surface area contributed by atoms with Gasteiger partial charge in [0.25, 0.3) is 10.1 Å². The summed E-state index contributed by atoms with van der Waals surface area (Å²) in [7, 11) is -4.52. The summed E-state index contributed by atoms with van der Waals surface area (Å²) in [6, 6.07) is 9.06. The molecule has 0 spiro atoms. The van der Waals surface area contributed by atoms with Crippen molar-refractivity contribution in [3.05, 3.63) is 57.2 Å². The maximum atomic E-state index is 11.3. The van der Waals surface area contributed by atoms with E-state index in [4.69, 9.17) is 45.1 Å². The van der Waals surface area contributed by atoms with Gasteiger partial charge in [-0.05, 0) is 43.3 Å². The van der Waals surface area contributed by atoms with Crippen LogP contribution >= 0.6 is 34.8 Å². The van der Waals surface area contributed by atoms with Crippen LogP contribution in [0.15, 0.2) is 51.5 Å². The molecule has 0 bridgehead atoms. The van der Waals surface area contributed by atoms with E-state index < -0.39 is 15.0 Å². The summed E-state index contributed by atoms with van der Waals surface area (Å²) in [5.74, 6) is 0.236. The molecule has 8 nitrogen and oxygen atoms in total. The van der Waals surface area contributed by atoms with Crippen molar-refractivity contribution in [1.82, 2.24) is 9.78 Å². The maximum absolute atomic E-state index is 11.3. The molecule has 3 N–H and O–H groups in total. The standard InChI is InChI=1S/C16H12Cl3N5O3S/c1-8-15(16(20)24(23-8)10-4-2-9(17)3-5-10)22-21-13-6-12(19)14(7-11(13)18)28(25,26)27/h2-7H,20H2,1H3,(H,25,26,27). The predicted octanol–water partition coefficient (Wildman–Crippen LogP) is 5.39. The molecule has 0 aliphatic heterocycles. The first-order valence-electron chi connectivity index (χ1n) is 7.57. The molecule has 28 heavy (non-hydrogen) atoms. The van der Waals surface area contributed by atoms with Crippen LogP contribution in [-0.4, -0.2) is 22.8 Å². The molecule has 3 aromatic rings. The quantitative estimate of drug-likeness (QED) is 0.399. The monoisotopic (exact) mass is 459 g/mol. The number of aromatic nitrogens is 2. The van der Waals surface area contributed by atoms with Crippen molar-refractivity contribution in [3.63, 3.8) is 0 Å². The average molecular weight is 461 g/mol. The van der Waals surface area contributed by atoms with Crippen molar-refractivity contribution in [1.29, 1.82) is 0 Å². The molecular weight excluding hydrogens is 449 g/mol. The zero-order chi connectivity index (χ0) is 20.6. The van der Waals surface area contributed by atoms with Gasteiger partial charge in [0.2, 0.25) is 0 Å². The van der Waals surface area contributed by atoms with Gasteiger partial charge in [-0.3, -0.25) is 4.55 Å². The van der Waals surface area contributed by atoms with Crippen LogP contribution in [0.5, 0.6) is 0 Å². The molecule has 0 atom stereocenters. The molecule has 1 heterocycles. The first-order valence-corrected chi connectivity index (χ1v) is 10.1. The summed E-state index contributed by atoms with van der Waals surface area (Å²) in [6.07, 6.45) is 0. The number of hydrogen-bond donors (Lipinski definition) is 2. The summed E-state index contributed by atoms with van der Waals surface area (Å²) in [5, 5.41) is 12.6. The lowest BCUT2D eigenvalue weighted by molar-refractivity contribution is 0.483. The van der Waals surface area contributed by atoms with Gasteiger partial charge >= 0.3 is 0 Å². The normalized spacial score (nSPS) is 12.0. The average Bonchev–Trinajstić information content (AvgIpc) is 2.89. The molecule has 2 aromatic carbocycles. The van der Waals surface area contributed by atoms with Crippen molar-refractivity contribution in [2.24, 2.45) is 10.2 Å². The van der Waals surface area contributed by atoms with Crippen LogP contribution in [-0.2, 0) is 10.1 Å². The smallest absolute Gasteiger partial charge is 0.296 e. The first-order chi connectivity index (χ1) is 13.1. The number of hydrogen-bond acceptors (Lipinski definition) is 6. The molecule has 0 saturated carbocycles. The third-order valence-corrected chi connectivity index (χ3v) is 5.54. The fourth-order valence-corrected chi connectivity index (χ4v) is 3.75. The van der Waals surface area contributed by atoms with Gasteiger partial charge in [-0.2, -0.15) is 13.5 Å². The maximum Gasteiger partial charge on any atom is 0.296 e. The minimum Gasteiger partial charge on any atom is -0.382 e. The highest BCUT2D eigenvalue weighted by Crippen LogP contribution is 2.36. The van der Waals surface area contributed by atoms with E-state index in [1.165, 1.54) is 10.7 Å². The summed E-state index contributed by atoms with van der Waals surface area (Å²) in [4.78, 5) is -0.524. The van der Waals surface area contributed by atoms with Gasteiger partial charge in [-0.1, -0.05) is 34.8 Å². The SMILES string of the molecule is Cc1nn(-c2ccc(Cl)cc2)c(N)c1N=Nc1cc(Cl)c(S(=O)(=O)O)cc1Cl. The number of anilines is 1. The van der Waals surface area contributed by atoms with Gasteiger partial charge in [0.05, 0.1) is 21.4 Å². The fourth-order valence-electron chi connectivity index (χ4n) is 2.34. The van der Waals surface area contributed by atoms with Gasteiger partial charge in [-0.15, -0.1) is 10.2 Å². The predicted molar refractivity (Wildman–Crippen MR) is 108 cm³/mol. The molecule has 12 heteroatoms. The number of nitrogen functional groups attached to an aromatic ring is 1. The first kappa shape index (κ1) is 20.6. The van der Waals surface area contributed by atoms with E-state index >= 15 is 0 Å². The van der Waals surface area contributed by atoms with Crippen LogP contribution in [0.1, 0.15) is 5.69 Å². The Hall–Kier alpha value is -2.17. The number of halogens is 3. The molecule has 0 aliphatic rings. The number of aryl methyl sites for hydroxylation is 1. The summed E-state index contributed by atoms with van der Waals surface area (Å²) < 4.78 is 33.1. The molecule has 0 fully saturated rings. The van der Waals surface area contributed by atoms with Crippen LogP contribution < -0.4 is 5.73 Å². The lowest BCUT2D eigenvalue weighted by atomic mass is 10.3. The zero-order valence-electron chi connectivity index (χ0n) is 14.1. The minimum absolute atomic E-state index is 0.0675. The van der Waals surface area contributed by atoms with E-state index in [0.717, 1.165) is 6.07 Å². The van der Waals surface area contributed by atoms with Gasteiger partial charge in [-0.25, -0.2) is 4.68 Å². The molecule has 0 aliphatic carbocycles. The second-order valence-electron chi connectivity index (χ2n) is 5.62. The lowest BCUT2D eigenvalue weighted by Gasteiger charge is -2.04. The fraction of sp³-hybridized carbons (Fsp3) is 0.0625. The largest absolute Gasteiger partial charge is 0.382 e. The van der Waals surface area contributed by atoms with E-state index in [2.05, 4.69) is 15.3 Å². The molecule has 146 valence electrons. The molecular formula is C16H12Cl3N5O3S. The highest BCUT2D eigenvalue weighted by atomic mass is 35.5. The van der Waals surface area contributed by atoms with E-state index in [1.807, 2.05) is 0 Å². The zero-order valence-corrected chi connectivity index (χ0v) is 17.2. The van der Waals surface area contributed by atoms with Crippen LogP contribution in [0.3, 0.4) is 0 Å². The van der Waals surface area contributed by atoms with Crippen LogP contribution in [0.4, 0.5) is 17.2 Å². The van der Waals surface area contributed by atoms with Gasteiger partial charge in [0.15, 0.2) is 11.5 Å². The lowest BCUT2D eigenvalue weighted by Crippen LogP contribution is -2.01. The number of nitrogens with two attached hydrogens (primary N) is 1. The molecule has 3 rings (SSSR count). The molecule has 0 radical (unpaired) electrons. The second kappa shape index (κ2) is 7.69. The van der Waals surface area contributed by atoms with Crippen molar-refractivity contribution in [3.8, 4) is 5.69 Å². The summed E-state index contributed by atoms with van der Waals surface area (Å²) >= 11 is 17.8. The third kappa shape index (κ3) is 4.13. The Morgan fingerprint density at radius 3 is 2.32 bits per heavy atom. The van der Waals surface area contributed by atoms with Crippen molar-refractivity contribution >= 4 is 62.1 Å². The Labute approximate surface area is 175 Å². The Bertz CT molecular complexity index is 1190. The summed E-state index contributed by atoms with van der Waals surface area (Å²) in [5.41, 5.74) is 7.72. The van der Waals surface area contributed by atoms with Gasteiger partial charge in [0.1, 0.15) is 10.6 Å². The Morgan fingerprint density at radius 1 is 1.07 bits per heavy atom. The summed E-state index contributed by atoms with van der Waals surface area (Å²) in [6.45, 7) is 1.70. The van der Waals surface area contributed by atoms with E-state index in [-0.39, 0.29) is 21.6 Å². The van der Waals surface area contributed by atoms with Gasteiger partial charge in [0, 0.05) is 5.02 Å². The Morgan fingerprint density at radius 2 is 1.71 bits per heavy atom. The minimum atomic E-state index is -4.52.